The highest BCUT2D eigenvalue weighted by atomic mass is 16.2. The molecule has 7 nitrogen and oxygen atoms in total. The maximum absolute atomic E-state index is 12.7. The second kappa shape index (κ2) is 9.02. The van der Waals surface area contributed by atoms with E-state index in [2.05, 4.69) is 27.9 Å². The second-order valence-corrected chi connectivity index (χ2v) is 8.62. The van der Waals surface area contributed by atoms with Crippen molar-refractivity contribution in [3.63, 3.8) is 0 Å². The molecule has 3 aromatic heterocycles. The van der Waals surface area contributed by atoms with E-state index in [1.54, 1.807) is 18.5 Å². The number of nitrogens with zero attached hydrogens (tertiary/aromatic N) is 6. The number of fused-ring (bicyclic) bond motifs is 1. The predicted molar refractivity (Wildman–Crippen MR) is 122 cm³/mol. The molecule has 1 saturated heterocycles. The van der Waals surface area contributed by atoms with E-state index in [4.69, 9.17) is 9.97 Å². The Labute approximate surface area is 188 Å². The van der Waals surface area contributed by atoms with E-state index in [0.717, 1.165) is 74.9 Å². The highest BCUT2D eigenvalue weighted by Gasteiger charge is 2.29. The third kappa shape index (κ3) is 4.20. The quantitative estimate of drug-likeness (QED) is 0.633. The van der Waals surface area contributed by atoms with Gasteiger partial charge in [-0.1, -0.05) is 6.07 Å². The maximum Gasteiger partial charge on any atom is 0.255 e. The van der Waals surface area contributed by atoms with Crippen LogP contribution >= 0.6 is 0 Å². The van der Waals surface area contributed by atoms with Crippen molar-refractivity contribution < 1.29 is 4.79 Å². The third-order valence-electron chi connectivity index (χ3n) is 6.50. The molecule has 7 heteroatoms. The van der Waals surface area contributed by atoms with Crippen molar-refractivity contribution in [2.75, 3.05) is 24.5 Å². The van der Waals surface area contributed by atoms with Crippen molar-refractivity contribution in [1.82, 2.24) is 24.8 Å². The van der Waals surface area contributed by atoms with E-state index in [-0.39, 0.29) is 11.8 Å². The molecule has 5 rings (SSSR count). The van der Waals surface area contributed by atoms with Crippen molar-refractivity contribution >= 4 is 11.7 Å². The zero-order valence-electron chi connectivity index (χ0n) is 18.4. The first-order valence-electron chi connectivity index (χ1n) is 11.4. The molecule has 0 unspecified atom stereocenters. The van der Waals surface area contributed by atoms with Gasteiger partial charge in [0.05, 0.1) is 17.8 Å². The SMILES string of the molecule is Cc1nc(C2CCN(C(=O)c3cccnc3)CC2)nc2c1CCCN2Cc1ccccn1. The van der Waals surface area contributed by atoms with Crippen molar-refractivity contribution in [2.24, 2.45) is 0 Å². The molecule has 3 aromatic rings. The first kappa shape index (κ1) is 20.5. The molecule has 0 atom stereocenters. The monoisotopic (exact) mass is 428 g/mol. The van der Waals surface area contributed by atoms with Crippen molar-refractivity contribution in [1.29, 1.82) is 0 Å². The summed E-state index contributed by atoms with van der Waals surface area (Å²) >= 11 is 0. The molecule has 1 fully saturated rings. The van der Waals surface area contributed by atoms with Crippen molar-refractivity contribution in [2.45, 2.75) is 45.1 Å². The van der Waals surface area contributed by atoms with Gasteiger partial charge in [0.15, 0.2) is 0 Å². The smallest absolute Gasteiger partial charge is 0.255 e. The van der Waals surface area contributed by atoms with Crippen LogP contribution in [0.25, 0.3) is 0 Å². The Hall–Kier alpha value is -3.35. The number of pyridine rings is 2. The number of amides is 1. The lowest BCUT2D eigenvalue weighted by Crippen LogP contribution is -2.38. The van der Waals surface area contributed by atoms with Gasteiger partial charge >= 0.3 is 0 Å². The highest BCUT2D eigenvalue weighted by molar-refractivity contribution is 5.93. The maximum atomic E-state index is 12.7. The average Bonchev–Trinajstić information content (AvgIpc) is 2.85. The van der Waals surface area contributed by atoms with Crippen molar-refractivity contribution in [3.8, 4) is 0 Å². The van der Waals surface area contributed by atoms with Crippen LogP contribution in [0.4, 0.5) is 5.82 Å². The van der Waals surface area contributed by atoms with Gasteiger partial charge in [-0.25, -0.2) is 9.97 Å². The fourth-order valence-electron chi connectivity index (χ4n) is 4.75. The van der Waals surface area contributed by atoms with Gasteiger partial charge in [0.25, 0.3) is 5.91 Å². The number of hydrogen-bond donors (Lipinski definition) is 0. The van der Waals surface area contributed by atoms with Crippen LogP contribution in [0.3, 0.4) is 0 Å². The largest absolute Gasteiger partial charge is 0.350 e. The summed E-state index contributed by atoms with van der Waals surface area (Å²) in [5, 5.41) is 0. The molecule has 2 aliphatic heterocycles. The number of aromatic nitrogens is 4. The fraction of sp³-hybridized carbons (Fsp3) is 0.400. The van der Waals surface area contributed by atoms with Gasteiger partial charge < -0.3 is 9.80 Å². The molecule has 0 N–H and O–H groups in total. The minimum absolute atomic E-state index is 0.0561. The third-order valence-corrected chi connectivity index (χ3v) is 6.50. The Balaban J connectivity index is 1.32. The standard InChI is InChI=1S/C25H28N6O/c1-18-22-8-5-13-31(17-21-7-2-3-12-27-21)24(22)29-23(28-18)19-9-14-30(15-10-19)25(32)20-6-4-11-26-16-20/h2-4,6-7,11-12,16,19H,5,8-10,13-15,17H2,1H3. The number of carbonyl (C=O) groups excluding carboxylic acids is 1. The topological polar surface area (TPSA) is 75.1 Å². The summed E-state index contributed by atoms with van der Waals surface area (Å²) in [4.78, 5) is 35.6. The lowest BCUT2D eigenvalue weighted by Gasteiger charge is -2.34. The van der Waals surface area contributed by atoms with E-state index in [1.807, 2.05) is 29.3 Å². The van der Waals surface area contributed by atoms with Crippen LogP contribution in [0, 0.1) is 6.92 Å². The Morgan fingerprint density at radius 2 is 1.94 bits per heavy atom. The number of aryl methyl sites for hydroxylation is 1. The predicted octanol–water partition coefficient (Wildman–Crippen LogP) is 3.55. The average molecular weight is 429 g/mol. The Bertz CT molecular complexity index is 1080. The minimum Gasteiger partial charge on any atom is -0.350 e. The van der Waals surface area contributed by atoms with Crippen molar-refractivity contribution in [3.05, 3.63) is 77.3 Å². The minimum atomic E-state index is 0.0561. The molecule has 0 bridgehead atoms. The summed E-state index contributed by atoms with van der Waals surface area (Å²) in [5.74, 6) is 2.32. The summed E-state index contributed by atoms with van der Waals surface area (Å²) < 4.78 is 0. The lowest BCUT2D eigenvalue weighted by atomic mass is 9.94. The molecule has 164 valence electrons. The van der Waals surface area contributed by atoms with Crippen LogP contribution in [-0.2, 0) is 13.0 Å². The Morgan fingerprint density at radius 3 is 2.69 bits per heavy atom. The molecule has 5 heterocycles. The van der Waals surface area contributed by atoms with Gasteiger partial charge in [0.1, 0.15) is 11.6 Å². The van der Waals surface area contributed by atoms with Crippen LogP contribution in [0.1, 0.15) is 58.3 Å². The molecule has 0 aromatic carbocycles. The molecule has 0 saturated carbocycles. The summed E-state index contributed by atoms with van der Waals surface area (Å²) in [6, 6.07) is 9.68. The molecule has 32 heavy (non-hydrogen) atoms. The van der Waals surface area contributed by atoms with E-state index in [9.17, 15) is 4.79 Å². The number of anilines is 1. The van der Waals surface area contributed by atoms with E-state index in [0.29, 0.717) is 5.56 Å². The fourth-order valence-corrected chi connectivity index (χ4v) is 4.75. The summed E-state index contributed by atoms with van der Waals surface area (Å²) in [6.45, 7) is 5.29. The molecule has 0 spiro atoms. The molecular weight excluding hydrogens is 400 g/mol. The normalized spacial score (nSPS) is 16.7. The molecule has 0 radical (unpaired) electrons. The first-order chi connectivity index (χ1) is 15.7. The van der Waals surface area contributed by atoms with Crippen LogP contribution < -0.4 is 4.90 Å². The van der Waals surface area contributed by atoms with Gasteiger partial charge in [-0.2, -0.15) is 0 Å². The first-order valence-corrected chi connectivity index (χ1v) is 11.4. The zero-order chi connectivity index (χ0) is 21.9. The number of rotatable bonds is 4. The Kier molecular flexibility index (Phi) is 5.79. The van der Waals surface area contributed by atoms with Crippen LogP contribution in [-0.4, -0.2) is 50.4 Å². The Morgan fingerprint density at radius 1 is 1.06 bits per heavy atom. The number of piperidine rings is 1. The molecule has 2 aliphatic rings. The van der Waals surface area contributed by atoms with Gasteiger partial charge in [-0.3, -0.25) is 14.8 Å². The van der Waals surface area contributed by atoms with Gasteiger partial charge in [-0.05, 0) is 56.9 Å². The number of likely N-dealkylation sites (tertiary alicyclic amines) is 1. The molecule has 1 amide bonds. The van der Waals surface area contributed by atoms with Crippen LogP contribution in [0.15, 0.2) is 48.9 Å². The van der Waals surface area contributed by atoms with Crippen LogP contribution in [0.5, 0.6) is 0 Å². The summed E-state index contributed by atoms with van der Waals surface area (Å²) in [7, 11) is 0. The lowest BCUT2D eigenvalue weighted by molar-refractivity contribution is 0.0710. The number of carbonyl (C=O) groups is 1. The van der Waals surface area contributed by atoms with E-state index in [1.165, 1.54) is 5.56 Å². The van der Waals surface area contributed by atoms with Gasteiger partial charge in [-0.15, -0.1) is 0 Å². The zero-order valence-corrected chi connectivity index (χ0v) is 18.4. The van der Waals surface area contributed by atoms with E-state index >= 15 is 0 Å². The summed E-state index contributed by atoms with van der Waals surface area (Å²) in [6.07, 6.45) is 9.07. The second-order valence-electron chi connectivity index (χ2n) is 8.62. The molecular formula is C25H28N6O. The van der Waals surface area contributed by atoms with Crippen LogP contribution in [0.2, 0.25) is 0 Å². The number of hydrogen-bond acceptors (Lipinski definition) is 6. The van der Waals surface area contributed by atoms with E-state index < -0.39 is 0 Å². The summed E-state index contributed by atoms with van der Waals surface area (Å²) in [5.41, 5.74) is 4.06. The van der Waals surface area contributed by atoms with Gasteiger partial charge in [0.2, 0.25) is 0 Å². The molecule has 0 aliphatic carbocycles. The van der Waals surface area contributed by atoms with Gasteiger partial charge in [0, 0.05) is 55.4 Å². The highest BCUT2D eigenvalue weighted by Crippen LogP contribution is 2.33.